The van der Waals surface area contributed by atoms with Crippen LogP contribution in [0.3, 0.4) is 0 Å². The Labute approximate surface area is 215 Å². The molecule has 7 nitrogen and oxygen atoms in total. The van der Waals surface area contributed by atoms with E-state index in [1.165, 1.54) is 0 Å². The van der Waals surface area contributed by atoms with Crippen molar-refractivity contribution in [3.05, 3.63) is 36.3 Å². The highest BCUT2D eigenvalue weighted by Crippen LogP contribution is 2.47. The maximum Gasteiger partial charge on any atom is 0.494 e. The minimum Gasteiger partial charge on any atom is -0.399 e. The normalized spacial score (nSPS) is 27.4. The second-order valence-electron chi connectivity index (χ2n) is 12.4. The van der Waals surface area contributed by atoms with Crippen LogP contribution in [0.4, 0.5) is 0 Å². The summed E-state index contributed by atoms with van der Waals surface area (Å²) >= 11 is 0. The van der Waals surface area contributed by atoms with Crippen molar-refractivity contribution in [2.24, 2.45) is 11.3 Å². The molecule has 5 rings (SSSR count). The minimum atomic E-state index is -0.380. The summed E-state index contributed by atoms with van der Waals surface area (Å²) in [5, 5.41) is 0. The Balaban J connectivity index is 1.35. The zero-order valence-corrected chi connectivity index (χ0v) is 22.6. The number of nitrogens with one attached hydrogen (secondary N) is 1. The van der Waals surface area contributed by atoms with Gasteiger partial charge in [0, 0.05) is 25.0 Å². The van der Waals surface area contributed by atoms with Gasteiger partial charge < -0.3 is 23.9 Å². The second-order valence-corrected chi connectivity index (χ2v) is 12.4. The summed E-state index contributed by atoms with van der Waals surface area (Å²) in [6.45, 7) is 14.8. The molecule has 3 saturated heterocycles. The number of hydrogen-bond donors (Lipinski definition) is 1. The molecule has 4 heterocycles. The van der Waals surface area contributed by atoms with Crippen LogP contribution < -0.4 is 5.46 Å². The van der Waals surface area contributed by atoms with Gasteiger partial charge in [0.15, 0.2) is 0 Å². The van der Waals surface area contributed by atoms with Crippen LogP contribution in [0.25, 0.3) is 11.3 Å². The van der Waals surface area contributed by atoms with Gasteiger partial charge in [0.2, 0.25) is 5.91 Å². The fourth-order valence-corrected chi connectivity index (χ4v) is 5.68. The molecule has 0 unspecified atom stereocenters. The summed E-state index contributed by atoms with van der Waals surface area (Å²) in [6.07, 6.45) is 5.49. The van der Waals surface area contributed by atoms with E-state index in [1.807, 2.05) is 6.20 Å². The van der Waals surface area contributed by atoms with E-state index >= 15 is 0 Å². The first-order valence-electron chi connectivity index (χ1n) is 13.4. The van der Waals surface area contributed by atoms with E-state index in [4.69, 9.17) is 19.0 Å². The van der Waals surface area contributed by atoms with Crippen molar-refractivity contribution in [1.29, 1.82) is 0 Å². The van der Waals surface area contributed by atoms with Gasteiger partial charge in [-0.2, -0.15) is 0 Å². The van der Waals surface area contributed by atoms with Gasteiger partial charge in [-0.25, -0.2) is 4.98 Å². The summed E-state index contributed by atoms with van der Waals surface area (Å²) in [5.74, 6) is 1.40. The Morgan fingerprint density at radius 2 is 1.86 bits per heavy atom. The van der Waals surface area contributed by atoms with Crippen molar-refractivity contribution in [2.45, 2.75) is 84.5 Å². The fraction of sp³-hybridized carbons (Fsp3) is 0.643. The van der Waals surface area contributed by atoms with Gasteiger partial charge in [-0.3, -0.25) is 4.79 Å². The van der Waals surface area contributed by atoms with Crippen molar-refractivity contribution in [2.75, 3.05) is 19.8 Å². The lowest BCUT2D eigenvalue weighted by molar-refractivity contribution is -0.133. The quantitative estimate of drug-likeness (QED) is 0.622. The minimum absolute atomic E-state index is 0.0347. The molecule has 3 fully saturated rings. The van der Waals surface area contributed by atoms with Crippen LogP contribution in [0.1, 0.15) is 79.1 Å². The summed E-state index contributed by atoms with van der Waals surface area (Å²) < 4.78 is 18.3. The van der Waals surface area contributed by atoms with E-state index in [0.717, 1.165) is 61.6 Å². The van der Waals surface area contributed by atoms with Gasteiger partial charge in [0.05, 0.1) is 35.7 Å². The number of aromatic nitrogens is 2. The Morgan fingerprint density at radius 1 is 1.17 bits per heavy atom. The number of H-pyrrole nitrogens is 1. The number of carbonyl (C=O) groups is 1. The van der Waals surface area contributed by atoms with Crippen molar-refractivity contribution >= 4 is 18.5 Å². The van der Waals surface area contributed by atoms with E-state index in [2.05, 4.69) is 75.7 Å². The monoisotopic (exact) mass is 493 g/mol. The second kappa shape index (κ2) is 9.30. The van der Waals surface area contributed by atoms with Crippen molar-refractivity contribution in [3.63, 3.8) is 0 Å². The predicted molar refractivity (Wildman–Crippen MR) is 141 cm³/mol. The van der Waals surface area contributed by atoms with Gasteiger partial charge in [-0.05, 0) is 63.9 Å². The lowest BCUT2D eigenvalue weighted by Crippen LogP contribution is -2.41. The van der Waals surface area contributed by atoms with Gasteiger partial charge in [0.25, 0.3) is 0 Å². The molecule has 0 saturated carbocycles. The number of amides is 1. The van der Waals surface area contributed by atoms with E-state index in [-0.39, 0.29) is 35.7 Å². The van der Waals surface area contributed by atoms with Gasteiger partial charge in [-0.1, -0.05) is 38.1 Å². The average molecular weight is 493 g/mol. The molecule has 2 aromatic rings. The number of imidazole rings is 1. The van der Waals surface area contributed by atoms with Crippen LogP contribution in [0.15, 0.2) is 30.5 Å². The maximum atomic E-state index is 13.2. The zero-order chi connectivity index (χ0) is 25.7. The van der Waals surface area contributed by atoms with Crippen molar-refractivity contribution < 1.29 is 18.8 Å². The summed E-state index contributed by atoms with van der Waals surface area (Å²) in [6, 6.07) is 8.21. The van der Waals surface area contributed by atoms with Gasteiger partial charge in [-0.15, -0.1) is 0 Å². The number of likely N-dealkylation sites (tertiary alicyclic amines) is 1. The molecule has 8 heteroatoms. The highest BCUT2D eigenvalue weighted by molar-refractivity contribution is 6.62. The lowest BCUT2D eigenvalue weighted by Gasteiger charge is -2.32. The van der Waals surface area contributed by atoms with Crippen LogP contribution in [0.2, 0.25) is 0 Å². The van der Waals surface area contributed by atoms with Crippen LogP contribution in [-0.4, -0.2) is 58.9 Å². The third-order valence-corrected chi connectivity index (χ3v) is 8.47. The van der Waals surface area contributed by atoms with Crippen molar-refractivity contribution in [3.8, 4) is 11.3 Å². The zero-order valence-electron chi connectivity index (χ0n) is 22.6. The molecule has 194 valence electrons. The third-order valence-electron chi connectivity index (χ3n) is 8.47. The molecular weight excluding hydrogens is 453 g/mol. The van der Waals surface area contributed by atoms with Crippen LogP contribution in [-0.2, 0) is 18.8 Å². The SMILES string of the molecule is CC(C)CC(=O)N1C[C@]2(CCCOC2)C[C@H]1c1ncc(-c2ccc(B3OC(C)(C)C(C)(C)O3)cc2)[nH]1. The third kappa shape index (κ3) is 4.75. The molecule has 0 radical (unpaired) electrons. The number of carbonyl (C=O) groups excluding carboxylic acids is 1. The van der Waals surface area contributed by atoms with Crippen LogP contribution in [0, 0.1) is 11.3 Å². The van der Waals surface area contributed by atoms with E-state index in [1.54, 1.807) is 0 Å². The molecule has 1 spiro atoms. The number of ether oxygens (including phenoxy) is 1. The highest BCUT2D eigenvalue weighted by Gasteiger charge is 2.52. The Kier molecular flexibility index (Phi) is 6.59. The van der Waals surface area contributed by atoms with E-state index in [9.17, 15) is 4.79 Å². The fourth-order valence-electron chi connectivity index (χ4n) is 5.68. The summed E-state index contributed by atoms with van der Waals surface area (Å²) in [7, 11) is -0.380. The predicted octanol–water partition coefficient (Wildman–Crippen LogP) is 4.49. The molecule has 36 heavy (non-hydrogen) atoms. The van der Waals surface area contributed by atoms with Crippen LogP contribution >= 0.6 is 0 Å². The first-order chi connectivity index (χ1) is 17.0. The molecule has 3 aliphatic rings. The first-order valence-corrected chi connectivity index (χ1v) is 13.4. The van der Waals surface area contributed by atoms with Gasteiger partial charge in [0.1, 0.15) is 5.82 Å². The molecule has 1 N–H and O–H groups in total. The number of nitrogens with zero attached hydrogens (tertiary/aromatic N) is 2. The molecule has 0 aliphatic carbocycles. The number of hydrogen-bond acceptors (Lipinski definition) is 5. The summed E-state index contributed by atoms with van der Waals surface area (Å²) in [5.41, 5.74) is 2.29. The number of rotatable bonds is 5. The molecule has 3 aliphatic heterocycles. The largest absolute Gasteiger partial charge is 0.494 e. The summed E-state index contributed by atoms with van der Waals surface area (Å²) in [4.78, 5) is 23.6. The van der Waals surface area contributed by atoms with E-state index in [0.29, 0.717) is 12.3 Å². The molecule has 0 bridgehead atoms. The van der Waals surface area contributed by atoms with Gasteiger partial charge >= 0.3 is 7.12 Å². The van der Waals surface area contributed by atoms with Crippen LogP contribution in [0.5, 0.6) is 0 Å². The highest BCUT2D eigenvalue weighted by atomic mass is 16.7. The number of benzene rings is 1. The molecule has 1 amide bonds. The Bertz CT molecular complexity index is 1070. The molecule has 1 aromatic heterocycles. The first kappa shape index (κ1) is 25.5. The molecular formula is C28H40BN3O4. The average Bonchev–Trinajstić information content (AvgIpc) is 3.49. The maximum absolute atomic E-state index is 13.2. The van der Waals surface area contributed by atoms with Crippen molar-refractivity contribution in [1.82, 2.24) is 14.9 Å². The number of aromatic amines is 1. The topological polar surface area (TPSA) is 76.7 Å². The van der Waals surface area contributed by atoms with E-state index < -0.39 is 0 Å². The Morgan fingerprint density at radius 3 is 2.47 bits per heavy atom. The standard InChI is InChI=1S/C28H40BN3O4/c1-19(2)14-24(33)32-17-28(12-7-13-34-18-28)15-23(32)25-30-16-22(31-25)20-8-10-21(11-9-20)29-35-26(3,4)27(5,6)36-29/h8-11,16,19,23H,7,12-15,17-18H2,1-6H3,(H,30,31)/t23-,28-/m0/s1. The lowest BCUT2D eigenvalue weighted by atomic mass is 9.79. The molecule has 2 atom stereocenters. The Hall–Kier alpha value is -2.16. The molecule has 1 aromatic carbocycles. The smallest absolute Gasteiger partial charge is 0.399 e.